The summed E-state index contributed by atoms with van der Waals surface area (Å²) in [5.41, 5.74) is 8.10. The number of aryl methyl sites for hydroxylation is 4. The van der Waals surface area contributed by atoms with E-state index in [-0.39, 0.29) is 6.04 Å². The first-order valence-electron chi connectivity index (χ1n) is 7.41. The molecule has 0 spiro atoms. The third-order valence-electron chi connectivity index (χ3n) is 3.71. The number of nitrogens with one attached hydrogen (secondary N) is 1. The van der Waals surface area contributed by atoms with E-state index in [1.165, 1.54) is 5.69 Å². The van der Waals surface area contributed by atoms with Gasteiger partial charge in [0.25, 0.3) is 0 Å². The van der Waals surface area contributed by atoms with Crippen molar-refractivity contribution in [3.8, 4) is 0 Å². The lowest BCUT2D eigenvalue weighted by molar-refractivity contribution is 0.511. The van der Waals surface area contributed by atoms with Crippen LogP contribution in [0.15, 0.2) is 12.1 Å². The SMILES string of the molecule is CCc1cc(CC(NN)c2cc(C)nnc2C)n(CC)n1. The van der Waals surface area contributed by atoms with Gasteiger partial charge in [-0.3, -0.25) is 16.0 Å². The Kier molecular flexibility index (Phi) is 5.03. The lowest BCUT2D eigenvalue weighted by atomic mass is 10.0. The van der Waals surface area contributed by atoms with Crippen LogP contribution in [-0.4, -0.2) is 20.0 Å². The van der Waals surface area contributed by atoms with Crippen molar-refractivity contribution < 1.29 is 0 Å². The minimum atomic E-state index is 0.00547. The standard InChI is InChI=1S/C15H24N6/c1-5-12-8-13(21(6-2)20-12)9-15(17-16)14-7-10(3)18-19-11(14)4/h7-8,15,17H,5-6,9,16H2,1-4H3. The Morgan fingerprint density at radius 3 is 2.62 bits per heavy atom. The summed E-state index contributed by atoms with van der Waals surface area (Å²) >= 11 is 0. The van der Waals surface area contributed by atoms with Crippen LogP contribution in [-0.2, 0) is 19.4 Å². The molecule has 0 saturated heterocycles. The zero-order valence-electron chi connectivity index (χ0n) is 13.2. The lowest BCUT2D eigenvalue weighted by Crippen LogP contribution is -2.31. The van der Waals surface area contributed by atoms with Gasteiger partial charge in [0.15, 0.2) is 0 Å². The first-order chi connectivity index (χ1) is 10.1. The van der Waals surface area contributed by atoms with E-state index in [1.807, 2.05) is 24.6 Å². The highest BCUT2D eigenvalue weighted by Crippen LogP contribution is 2.21. The Morgan fingerprint density at radius 1 is 1.24 bits per heavy atom. The number of hydrazine groups is 1. The van der Waals surface area contributed by atoms with Gasteiger partial charge in [0.2, 0.25) is 0 Å². The number of rotatable bonds is 6. The molecule has 0 bridgehead atoms. The molecule has 2 heterocycles. The molecule has 3 N–H and O–H groups in total. The number of hydrogen-bond acceptors (Lipinski definition) is 5. The van der Waals surface area contributed by atoms with Crippen molar-refractivity contribution in [1.29, 1.82) is 0 Å². The zero-order chi connectivity index (χ0) is 15.4. The van der Waals surface area contributed by atoms with Gasteiger partial charge in [-0.1, -0.05) is 6.92 Å². The average molecular weight is 288 g/mol. The van der Waals surface area contributed by atoms with Crippen molar-refractivity contribution >= 4 is 0 Å². The molecule has 0 fully saturated rings. The molecule has 0 aromatic carbocycles. The van der Waals surface area contributed by atoms with Crippen LogP contribution in [0, 0.1) is 13.8 Å². The van der Waals surface area contributed by atoms with Crippen molar-refractivity contribution in [3.63, 3.8) is 0 Å². The van der Waals surface area contributed by atoms with Crippen molar-refractivity contribution in [2.24, 2.45) is 5.84 Å². The molecule has 0 saturated carbocycles. The van der Waals surface area contributed by atoms with Crippen LogP contribution in [0.3, 0.4) is 0 Å². The molecule has 1 unspecified atom stereocenters. The molecule has 1 atom stereocenters. The highest BCUT2D eigenvalue weighted by atomic mass is 15.3. The molecular formula is C15H24N6. The maximum Gasteiger partial charge on any atom is 0.0648 e. The van der Waals surface area contributed by atoms with Crippen LogP contribution in [0.4, 0.5) is 0 Å². The Hall–Kier alpha value is -1.79. The molecule has 2 aromatic rings. The van der Waals surface area contributed by atoms with Gasteiger partial charge in [-0.05, 0) is 44.9 Å². The number of aromatic nitrogens is 4. The summed E-state index contributed by atoms with van der Waals surface area (Å²) in [5.74, 6) is 5.77. The van der Waals surface area contributed by atoms with Gasteiger partial charge in [0.1, 0.15) is 0 Å². The Balaban J connectivity index is 2.30. The second kappa shape index (κ2) is 6.78. The Bertz CT molecular complexity index is 604. The number of nitrogens with zero attached hydrogens (tertiary/aromatic N) is 4. The summed E-state index contributed by atoms with van der Waals surface area (Å²) in [7, 11) is 0. The molecular weight excluding hydrogens is 264 g/mol. The van der Waals surface area contributed by atoms with Gasteiger partial charge in [0.05, 0.1) is 23.1 Å². The fraction of sp³-hybridized carbons (Fsp3) is 0.533. The van der Waals surface area contributed by atoms with Gasteiger partial charge in [-0.2, -0.15) is 15.3 Å². The van der Waals surface area contributed by atoms with Gasteiger partial charge in [-0.15, -0.1) is 0 Å². The predicted octanol–water partition coefficient (Wildman–Crippen LogP) is 1.62. The molecule has 0 aliphatic carbocycles. The van der Waals surface area contributed by atoms with Crippen molar-refractivity contribution in [1.82, 2.24) is 25.4 Å². The summed E-state index contributed by atoms with van der Waals surface area (Å²) in [6, 6.07) is 4.20. The zero-order valence-corrected chi connectivity index (χ0v) is 13.2. The quantitative estimate of drug-likeness (QED) is 0.623. The van der Waals surface area contributed by atoms with Crippen LogP contribution in [0.25, 0.3) is 0 Å². The summed E-state index contributed by atoms with van der Waals surface area (Å²) in [4.78, 5) is 0. The van der Waals surface area contributed by atoms with Gasteiger partial charge in [0, 0.05) is 18.7 Å². The molecule has 2 aromatic heterocycles. The molecule has 114 valence electrons. The topological polar surface area (TPSA) is 81.6 Å². The monoisotopic (exact) mass is 288 g/mol. The Labute approximate surface area is 125 Å². The summed E-state index contributed by atoms with van der Waals surface area (Å²) in [6.45, 7) is 8.98. The van der Waals surface area contributed by atoms with E-state index in [0.29, 0.717) is 0 Å². The van der Waals surface area contributed by atoms with E-state index < -0.39 is 0 Å². The smallest absolute Gasteiger partial charge is 0.0648 e. The third kappa shape index (κ3) is 3.46. The molecule has 0 amide bonds. The molecule has 2 rings (SSSR count). The van der Waals surface area contributed by atoms with E-state index in [4.69, 9.17) is 5.84 Å². The van der Waals surface area contributed by atoms with Crippen LogP contribution in [0.1, 0.15) is 48.2 Å². The third-order valence-corrected chi connectivity index (χ3v) is 3.71. The summed E-state index contributed by atoms with van der Waals surface area (Å²) in [6.07, 6.45) is 1.72. The highest BCUT2D eigenvalue weighted by Gasteiger charge is 2.17. The van der Waals surface area contributed by atoms with E-state index in [1.54, 1.807) is 0 Å². The fourth-order valence-electron chi connectivity index (χ4n) is 2.52. The van der Waals surface area contributed by atoms with Crippen molar-refractivity contribution in [2.45, 2.75) is 53.1 Å². The molecule has 0 aliphatic heterocycles. The molecule has 6 heteroatoms. The normalized spacial score (nSPS) is 12.6. The van der Waals surface area contributed by atoms with Crippen molar-refractivity contribution in [3.05, 3.63) is 40.5 Å². The van der Waals surface area contributed by atoms with E-state index >= 15 is 0 Å². The van der Waals surface area contributed by atoms with Gasteiger partial charge < -0.3 is 0 Å². The van der Waals surface area contributed by atoms with E-state index in [9.17, 15) is 0 Å². The molecule has 0 radical (unpaired) electrons. The fourth-order valence-corrected chi connectivity index (χ4v) is 2.52. The average Bonchev–Trinajstić information content (AvgIpc) is 2.89. The van der Waals surface area contributed by atoms with Gasteiger partial charge in [-0.25, -0.2) is 0 Å². The summed E-state index contributed by atoms with van der Waals surface area (Å²) in [5, 5.41) is 12.9. The van der Waals surface area contributed by atoms with Crippen molar-refractivity contribution in [2.75, 3.05) is 0 Å². The molecule has 21 heavy (non-hydrogen) atoms. The van der Waals surface area contributed by atoms with Crippen LogP contribution in [0.2, 0.25) is 0 Å². The maximum absolute atomic E-state index is 5.77. The first-order valence-corrected chi connectivity index (χ1v) is 7.41. The van der Waals surface area contributed by atoms with Gasteiger partial charge >= 0.3 is 0 Å². The largest absolute Gasteiger partial charge is 0.271 e. The first kappa shape index (κ1) is 15.6. The maximum atomic E-state index is 5.77. The number of hydrogen-bond donors (Lipinski definition) is 2. The minimum absolute atomic E-state index is 0.00547. The molecule has 6 nitrogen and oxygen atoms in total. The molecule has 0 aliphatic rings. The van der Waals surface area contributed by atoms with E-state index in [0.717, 1.165) is 42.0 Å². The minimum Gasteiger partial charge on any atom is -0.271 e. The Morgan fingerprint density at radius 2 is 2.00 bits per heavy atom. The summed E-state index contributed by atoms with van der Waals surface area (Å²) < 4.78 is 2.04. The van der Waals surface area contributed by atoms with Crippen LogP contribution in [0.5, 0.6) is 0 Å². The van der Waals surface area contributed by atoms with Crippen LogP contribution >= 0.6 is 0 Å². The lowest BCUT2D eigenvalue weighted by Gasteiger charge is -2.18. The second-order valence-electron chi connectivity index (χ2n) is 5.25. The predicted molar refractivity (Wildman–Crippen MR) is 82.6 cm³/mol. The van der Waals surface area contributed by atoms with Crippen LogP contribution < -0.4 is 11.3 Å². The second-order valence-corrected chi connectivity index (χ2v) is 5.25. The number of nitrogens with two attached hydrogens (primary N) is 1. The van der Waals surface area contributed by atoms with E-state index in [2.05, 4.69) is 40.6 Å². The highest BCUT2D eigenvalue weighted by molar-refractivity contribution is 5.25.